The predicted octanol–water partition coefficient (Wildman–Crippen LogP) is 12.9. The van der Waals surface area contributed by atoms with E-state index in [2.05, 4.69) is 152 Å². The minimum absolute atomic E-state index is 0.171. The van der Waals surface area contributed by atoms with E-state index in [1.165, 1.54) is 59.1 Å². The maximum atomic E-state index is 2.73. The molecule has 2 unspecified atom stereocenters. The Morgan fingerprint density at radius 2 is 0.896 bits per heavy atom. The first-order valence-corrected chi connectivity index (χ1v) is 30.5. The van der Waals surface area contributed by atoms with Crippen molar-refractivity contribution >= 4 is 17.6 Å². The summed E-state index contributed by atoms with van der Waals surface area (Å²) in [5.74, 6) is 1.61. The van der Waals surface area contributed by atoms with Crippen LogP contribution in [-0.4, -0.2) is 5.49 Å². The van der Waals surface area contributed by atoms with Crippen LogP contribution >= 0.6 is 0 Å². The summed E-state index contributed by atoms with van der Waals surface area (Å²) in [5, 5.41) is 0. The summed E-state index contributed by atoms with van der Waals surface area (Å²) in [6.45, 7) is 19.3. The average molecular weight is 811 g/mol. The number of allylic oxidation sites excluding steroid dienone is 2. The normalized spacial score (nSPS) is 20.2. The summed E-state index contributed by atoms with van der Waals surface area (Å²) < 4.78 is 1.45. The van der Waals surface area contributed by atoms with Crippen LogP contribution in [0, 0.1) is 11.8 Å². The molecule has 48 heavy (non-hydrogen) atoms. The second kappa shape index (κ2) is 12.0. The molecule has 0 saturated heterocycles. The fourth-order valence-corrected chi connectivity index (χ4v) is 37.8. The molecule has 4 aromatic rings. The Morgan fingerprint density at radius 1 is 0.521 bits per heavy atom. The van der Waals surface area contributed by atoms with Gasteiger partial charge in [0.15, 0.2) is 0 Å². The molecule has 2 fully saturated rings. The maximum absolute atomic E-state index is 2.73. The van der Waals surface area contributed by atoms with Gasteiger partial charge in [-0.25, -0.2) is 0 Å². The van der Waals surface area contributed by atoms with Crippen LogP contribution < -0.4 is 0 Å². The van der Waals surface area contributed by atoms with Crippen LogP contribution in [0.5, 0.6) is 0 Å². The zero-order valence-electron chi connectivity index (χ0n) is 30.4. The van der Waals surface area contributed by atoms with Crippen molar-refractivity contribution in [3.63, 3.8) is 0 Å². The van der Waals surface area contributed by atoms with Gasteiger partial charge in [-0.05, 0) is 0 Å². The molecular weight excluding hydrogens is 759 g/mol. The van der Waals surface area contributed by atoms with Crippen molar-refractivity contribution in [3.05, 3.63) is 129 Å². The molecule has 0 bridgehead atoms. The Labute approximate surface area is 297 Å². The second-order valence-corrected chi connectivity index (χ2v) is 42.4. The molecule has 8 rings (SSSR count). The second-order valence-electron chi connectivity index (χ2n) is 17.4. The summed E-state index contributed by atoms with van der Waals surface area (Å²) in [4.78, 5) is 0. The van der Waals surface area contributed by atoms with Crippen molar-refractivity contribution in [1.82, 2.24) is 0 Å². The summed E-state index contributed by atoms with van der Waals surface area (Å²) in [6, 6.07) is 33.7. The van der Waals surface area contributed by atoms with Gasteiger partial charge in [0.25, 0.3) is 0 Å². The molecule has 4 aromatic carbocycles. The van der Waals surface area contributed by atoms with Crippen molar-refractivity contribution in [2.24, 2.45) is 11.8 Å². The number of fused-ring (bicyclic) bond motifs is 2. The van der Waals surface area contributed by atoms with E-state index in [9.17, 15) is 0 Å². The van der Waals surface area contributed by atoms with Gasteiger partial charge in [0.05, 0.1) is 0 Å². The monoisotopic (exact) mass is 812 g/mol. The van der Waals surface area contributed by atoms with Crippen LogP contribution in [0.1, 0.15) is 108 Å². The van der Waals surface area contributed by atoms with Gasteiger partial charge < -0.3 is 0 Å². The Hall–Kier alpha value is -2.55. The van der Waals surface area contributed by atoms with E-state index in [-0.39, 0.29) is 10.8 Å². The Bertz CT molecular complexity index is 1850. The van der Waals surface area contributed by atoms with Crippen LogP contribution in [0.25, 0.3) is 34.4 Å². The number of benzene rings is 4. The summed E-state index contributed by atoms with van der Waals surface area (Å²) in [5.41, 5.74) is 18.5. The van der Waals surface area contributed by atoms with E-state index in [1.807, 2.05) is 11.1 Å². The summed E-state index contributed by atoms with van der Waals surface area (Å²) in [6.07, 6.45) is 11.0. The molecule has 0 spiro atoms. The van der Waals surface area contributed by atoms with Gasteiger partial charge >= 0.3 is 300 Å². The zero-order valence-corrected chi connectivity index (χ0v) is 35.0. The van der Waals surface area contributed by atoms with Gasteiger partial charge in [-0.1, -0.05) is 0 Å². The van der Waals surface area contributed by atoms with Gasteiger partial charge in [0.2, 0.25) is 0 Å². The van der Waals surface area contributed by atoms with Crippen molar-refractivity contribution in [1.29, 1.82) is 0 Å². The van der Waals surface area contributed by atoms with Crippen LogP contribution in [-0.2, 0) is 30.9 Å². The van der Waals surface area contributed by atoms with E-state index in [0.29, 0.717) is 0 Å². The molecule has 2 saturated carbocycles. The third kappa shape index (κ3) is 5.87. The van der Waals surface area contributed by atoms with E-state index >= 15 is 0 Å². The van der Waals surface area contributed by atoms with Gasteiger partial charge in [-0.2, -0.15) is 0 Å². The standard InChI is InChI=1S/2C22H23.C2H6Si.Hf/c2*1-22(2,3)19-11-9-16(10-12-19)20-6-4-5-17-13-18(14-21(17)20)15-7-8-15;1-3-2;/h2*4-6,9-15H,7-8H2,1-3H3;1-2H3;. The van der Waals surface area contributed by atoms with Crippen LogP contribution in [0.15, 0.2) is 96.1 Å². The molecule has 2 heteroatoms. The van der Waals surface area contributed by atoms with Gasteiger partial charge in [0.1, 0.15) is 0 Å². The quantitative estimate of drug-likeness (QED) is 0.170. The van der Waals surface area contributed by atoms with E-state index in [1.54, 1.807) is 22.3 Å². The molecular formula is C46H52HfSi. The van der Waals surface area contributed by atoms with E-state index < -0.39 is 25.6 Å². The van der Waals surface area contributed by atoms with Crippen molar-refractivity contribution in [2.75, 3.05) is 0 Å². The van der Waals surface area contributed by atoms with Gasteiger partial charge in [0, 0.05) is 0 Å². The molecule has 2 atom stereocenters. The molecule has 244 valence electrons. The topological polar surface area (TPSA) is 0 Å². The number of rotatable bonds is 6. The zero-order chi connectivity index (χ0) is 33.5. The molecule has 0 heterocycles. The summed E-state index contributed by atoms with van der Waals surface area (Å²) in [7, 11) is 0. The molecule has 0 N–H and O–H groups in total. The molecule has 0 nitrogen and oxygen atoms in total. The Kier molecular flexibility index (Phi) is 8.19. The van der Waals surface area contributed by atoms with Crippen molar-refractivity contribution in [3.8, 4) is 22.3 Å². The molecule has 0 amide bonds. The molecule has 4 aliphatic rings. The van der Waals surface area contributed by atoms with Crippen LogP contribution in [0.4, 0.5) is 0 Å². The molecule has 4 aliphatic carbocycles. The Balaban J connectivity index is 1.24. The molecule has 0 radical (unpaired) electrons. The first-order chi connectivity index (χ1) is 22.9. The molecule has 0 aromatic heterocycles. The summed E-state index contributed by atoms with van der Waals surface area (Å²) >= 11 is -2.42. The first kappa shape index (κ1) is 32.6. The third-order valence-electron chi connectivity index (χ3n) is 11.6. The van der Waals surface area contributed by atoms with Crippen molar-refractivity contribution < 1.29 is 20.1 Å². The molecule has 0 aliphatic heterocycles. The van der Waals surface area contributed by atoms with E-state index in [0.717, 1.165) is 19.2 Å². The number of hydrogen-bond donors (Lipinski definition) is 0. The van der Waals surface area contributed by atoms with Crippen LogP contribution in [0.3, 0.4) is 0 Å². The first-order valence-electron chi connectivity index (χ1n) is 18.5. The van der Waals surface area contributed by atoms with Crippen LogP contribution in [0.2, 0.25) is 13.1 Å². The van der Waals surface area contributed by atoms with Crippen molar-refractivity contribution in [2.45, 2.75) is 98.5 Å². The minimum atomic E-state index is -2.42. The predicted molar refractivity (Wildman–Crippen MR) is 206 cm³/mol. The number of hydrogen-bond acceptors (Lipinski definition) is 0. The van der Waals surface area contributed by atoms with E-state index in [4.69, 9.17) is 0 Å². The fourth-order valence-electron chi connectivity index (χ4n) is 8.63. The average Bonchev–Trinajstić information content (AvgIpc) is 4.00. The Morgan fingerprint density at radius 3 is 1.21 bits per heavy atom. The van der Waals surface area contributed by atoms with Gasteiger partial charge in [-0.15, -0.1) is 0 Å². The van der Waals surface area contributed by atoms with Gasteiger partial charge in [-0.3, -0.25) is 0 Å². The third-order valence-corrected chi connectivity index (χ3v) is 39.0. The fraction of sp³-hybridized carbons (Fsp3) is 0.391. The SMILES string of the molecule is C[Si](C)=[Hf]([CH]1C(C2CC2)=Cc2c(-c3ccc(C(C)(C)C)cc3)cccc21)[CH]1C(C2CC2)=Cc2c(-c3ccc(C(C)(C)C)cc3)cccc21.